The van der Waals surface area contributed by atoms with E-state index in [1.165, 1.54) is 4.90 Å². The van der Waals surface area contributed by atoms with E-state index >= 15 is 0 Å². The summed E-state index contributed by atoms with van der Waals surface area (Å²) >= 11 is 0. The maximum atomic E-state index is 11.9. The van der Waals surface area contributed by atoms with Crippen molar-refractivity contribution >= 4 is 12.0 Å². The van der Waals surface area contributed by atoms with Gasteiger partial charge in [0.25, 0.3) is 0 Å². The highest BCUT2D eigenvalue weighted by atomic mass is 16.4. The average molecular weight is 260 g/mol. The minimum Gasteiger partial charge on any atom is -0.481 e. The zero-order valence-electron chi connectivity index (χ0n) is 11.6. The van der Waals surface area contributed by atoms with Gasteiger partial charge in [0.05, 0.1) is 12.1 Å². The Morgan fingerprint density at radius 2 is 1.94 bits per heavy atom. The third-order valence-electron chi connectivity index (χ3n) is 2.41. The first-order valence-corrected chi connectivity index (χ1v) is 6.15. The van der Waals surface area contributed by atoms with Crippen molar-refractivity contribution in [2.75, 3.05) is 13.1 Å². The molecule has 6 nitrogen and oxygen atoms in total. The van der Waals surface area contributed by atoms with Gasteiger partial charge in [-0.3, -0.25) is 4.79 Å². The molecule has 2 amide bonds. The van der Waals surface area contributed by atoms with E-state index in [2.05, 4.69) is 5.32 Å². The maximum Gasteiger partial charge on any atom is 0.317 e. The number of urea groups is 1. The van der Waals surface area contributed by atoms with E-state index in [0.29, 0.717) is 13.0 Å². The highest BCUT2D eigenvalue weighted by Gasteiger charge is 2.22. The fourth-order valence-electron chi connectivity index (χ4n) is 1.51. The zero-order valence-corrected chi connectivity index (χ0v) is 11.6. The predicted molar refractivity (Wildman–Crippen MR) is 68.4 cm³/mol. The number of nitrogens with one attached hydrogen (secondary N) is 1. The fourth-order valence-corrected chi connectivity index (χ4v) is 1.51. The molecule has 1 unspecified atom stereocenters. The first kappa shape index (κ1) is 16.7. The molecule has 0 aromatic rings. The van der Waals surface area contributed by atoms with Crippen LogP contribution in [0.2, 0.25) is 0 Å². The molecule has 0 aliphatic rings. The number of carboxylic acids is 1. The maximum absolute atomic E-state index is 11.9. The van der Waals surface area contributed by atoms with Crippen molar-refractivity contribution in [2.24, 2.45) is 0 Å². The second-order valence-electron chi connectivity index (χ2n) is 5.11. The lowest BCUT2D eigenvalue weighted by Gasteiger charge is -2.29. The van der Waals surface area contributed by atoms with Gasteiger partial charge in [0, 0.05) is 19.0 Å². The SMILES string of the molecule is CCN(CC(C)(C)O)C(=O)NC(C)CCC(=O)O. The molecule has 106 valence electrons. The number of hydrogen-bond donors (Lipinski definition) is 3. The third-order valence-corrected chi connectivity index (χ3v) is 2.41. The van der Waals surface area contributed by atoms with E-state index in [-0.39, 0.29) is 25.0 Å². The predicted octanol–water partition coefficient (Wildman–Crippen LogP) is 1.04. The Hall–Kier alpha value is -1.30. The molecule has 6 heteroatoms. The smallest absolute Gasteiger partial charge is 0.317 e. The number of carbonyl (C=O) groups excluding carboxylic acids is 1. The minimum absolute atomic E-state index is 0.0268. The standard InChI is InChI=1S/C12H24N2O4/c1-5-14(8-12(3,4)18)11(17)13-9(2)6-7-10(15)16/h9,18H,5-8H2,1-4H3,(H,13,17)(H,15,16). The second kappa shape index (κ2) is 7.20. The molecular formula is C12H24N2O4. The van der Waals surface area contributed by atoms with Crippen molar-refractivity contribution < 1.29 is 19.8 Å². The van der Waals surface area contributed by atoms with E-state index in [4.69, 9.17) is 5.11 Å². The number of carboxylic acid groups (broad SMARTS) is 1. The van der Waals surface area contributed by atoms with Crippen LogP contribution < -0.4 is 5.32 Å². The van der Waals surface area contributed by atoms with Crippen molar-refractivity contribution in [2.45, 2.75) is 52.2 Å². The van der Waals surface area contributed by atoms with E-state index in [1.807, 2.05) is 6.92 Å². The van der Waals surface area contributed by atoms with Crippen LogP contribution in [0.4, 0.5) is 4.79 Å². The molecule has 0 saturated heterocycles. The number of likely N-dealkylation sites (N-methyl/N-ethyl adjacent to an activating group) is 1. The summed E-state index contributed by atoms with van der Waals surface area (Å²) in [4.78, 5) is 23.8. The van der Waals surface area contributed by atoms with Gasteiger partial charge in [-0.15, -0.1) is 0 Å². The first-order chi connectivity index (χ1) is 8.15. The number of hydrogen-bond acceptors (Lipinski definition) is 3. The summed E-state index contributed by atoms with van der Waals surface area (Å²) in [6.45, 7) is 7.59. The Morgan fingerprint density at radius 1 is 1.39 bits per heavy atom. The van der Waals surface area contributed by atoms with E-state index in [9.17, 15) is 14.7 Å². The molecule has 0 fully saturated rings. The molecule has 18 heavy (non-hydrogen) atoms. The van der Waals surface area contributed by atoms with Gasteiger partial charge in [0.15, 0.2) is 0 Å². The topological polar surface area (TPSA) is 89.9 Å². The lowest BCUT2D eigenvalue weighted by atomic mass is 10.1. The third kappa shape index (κ3) is 7.89. The van der Waals surface area contributed by atoms with Crippen molar-refractivity contribution in [1.29, 1.82) is 0 Å². The molecule has 3 N–H and O–H groups in total. The number of nitrogens with zero attached hydrogens (tertiary/aromatic N) is 1. The van der Waals surface area contributed by atoms with Crippen molar-refractivity contribution in [3.63, 3.8) is 0 Å². The lowest BCUT2D eigenvalue weighted by molar-refractivity contribution is -0.137. The largest absolute Gasteiger partial charge is 0.481 e. The van der Waals surface area contributed by atoms with Crippen LogP contribution in [-0.2, 0) is 4.79 Å². The molecule has 0 aliphatic carbocycles. The fraction of sp³-hybridized carbons (Fsp3) is 0.833. The summed E-state index contributed by atoms with van der Waals surface area (Å²) in [5, 5.41) is 20.9. The summed E-state index contributed by atoms with van der Waals surface area (Å²) < 4.78 is 0. The molecule has 0 saturated carbocycles. The molecule has 0 spiro atoms. The average Bonchev–Trinajstić information content (AvgIpc) is 2.21. The van der Waals surface area contributed by atoms with Crippen LogP contribution in [0.1, 0.15) is 40.5 Å². The minimum atomic E-state index is -0.947. The molecule has 0 heterocycles. The van der Waals surface area contributed by atoms with E-state index in [0.717, 1.165) is 0 Å². The molecular weight excluding hydrogens is 236 g/mol. The van der Waals surface area contributed by atoms with E-state index < -0.39 is 11.6 Å². The Labute approximate surface area is 108 Å². The van der Waals surface area contributed by atoms with Crippen LogP contribution in [0.25, 0.3) is 0 Å². The number of amides is 2. The van der Waals surface area contributed by atoms with Gasteiger partial charge >= 0.3 is 12.0 Å². The zero-order chi connectivity index (χ0) is 14.3. The highest BCUT2D eigenvalue weighted by Crippen LogP contribution is 2.06. The van der Waals surface area contributed by atoms with Crippen molar-refractivity contribution in [3.8, 4) is 0 Å². The van der Waals surface area contributed by atoms with Gasteiger partial charge in [-0.2, -0.15) is 0 Å². The van der Waals surface area contributed by atoms with Gasteiger partial charge < -0.3 is 20.4 Å². The van der Waals surface area contributed by atoms with Crippen LogP contribution in [0.3, 0.4) is 0 Å². The molecule has 0 aliphatic heterocycles. The summed E-state index contributed by atoms with van der Waals surface area (Å²) in [7, 11) is 0. The molecule has 0 rings (SSSR count). The van der Waals surface area contributed by atoms with Crippen molar-refractivity contribution in [1.82, 2.24) is 10.2 Å². The lowest BCUT2D eigenvalue weighted by Crippen LogP contribution is -2.49. The molecule has 0 radical (unpaired) electrons. The molecule has 0 aromatic carbocycles. The van der Waals surface area contributed by atoms with E-state index in [1.54, 1.807) is 20.8 Å². The quantitative estimate of drug-likeness (QED) is 0.638. The second-order valence-corrected chi connectivity index (χ2v) is 5.11. The number of rotatable bonds is 7. The summed E-state index contributed by atoms with van der Waals surface area (Å²) in [5.74, 6) is -0.875. The van der Waals surface area contributed by atoms with Gasteiger partial charge in [0.2, 0.25) is 0 Å². The number of aliphatic hydroxyl groups is 1. The number of carbonyl (C=O) groups is 2. The Kier molecular flexibility index (Phi) is 6.68. The van der Waals surface area contributed by atoms with Crippen LogP contribution in [0.15, 0.2) is 0 Å². The van der Waals surface area contributed by atoms with Crippen LogP contribution in [0.5, 0.6) is 0 Å². The Balaban J connectivity index is 4.22. The monoisotopic (exact) mass is 260 g/mol. The van der Waals surface area contributed by atoms with Gasteiger partial charge in [0.1, 0.15) is 0 Å². The number of aliphatic carboxylic acids is 1. The molecule has 0 aromatic heterocycles. The van der Waals surface area contributed by atoms with Gasteiger partial charge in [-0.25, -0.2) is 4.79 Å². The normalized spacial score (nSPS) is 12.9. The van der Waals surface area contributed by atoms with Crippen LogP contribution in [0, 0.1) is 0 Å². The summed E-state index contributed by atoms with van der Waals surface area (Å²) in [6, 6.07) is -0.484. The van der Waals surface area contributed by atoms with Gasteiger partial charge in [-0.05, 0) is 34.1 Å². The Bertz CT molecular complexity index is 286. The van der Waals surface area contributed by atoms with Crippen molar-refractivity contribution in [3.05, 3.63) is 0 Å². The summed E-state index contributed by atoms with van der Waals surface area (Å²) in [6.07, 6.45) is 0.417. The van der Waals surface area contributed by atoms with Crippen LogP contribution in [-0.4, -0.2) is 51.8 Å². The molecule has 0 bridgehead atoms. The highest BCUT2D eigenvalue weighted by molar-refractivity contribution is 5.74. The van der Waals surface area contributed by atoms with Gasteiger partial charge in [-0.1, -0.05) is 0 Å². The Morgan fingerprint density at radius 3 is 2.33 bits per heavy atom. The van der Waals surface area contributed by atoms with Crippen LogP contribution >= 0.6 is 0 Å². The molecule has 1 atom stereocenters. The summed E-state index contributed by atoms with van der Waals surface area (Å²) in [5.41, 5.74) is -0.947. The first-order valence-electron chi connectivity index (χ1n) is 6.15.